The molecule has 2 aromatic carbocycles. The summed E-state index contributed by atoms with van der Waals surface area (Å²) in [7, 11) is 3.89. The third-order valence-corrected chi connectivity index (χ3v) is 7.11. The number of hydrogen-bond acceptors (Lipinski definition) is 3. The smallest absolute Gasteiger partial charge is 0.307 e. The average Bonchev–Trinajstić information content (AvgIpc) is 3.43. The molecule has 3 atom stereocenters. The fourth-order valence-corrected chi connectivity index (χ4v) is 5.43. The normalized spacial score (nSPS) is 23.3. The summed E-state index contributed by atoms with van der Waals surface area (Å²) in [6.45, 7) is 7.04. The number of ether oxygens (including phenoxy) is 2. The first kappa shape index (κ1) is 21.9. The Balaban J connectivity index is 1.54. The van der Waals surface area contributed by atoms with E-state index in [2.05, 4.69) is 58.9 Å². The third kappa shape index (κ3) is 4.12. The zero-order valence-corrected chi connectivity index (χ0v) is 19.3. The predicted octanol–water partition coefficient (Wildman–Crippen LogP) is 3.94. The van der Waals surface area contributed by atoms with Gasteiger partial charge in [0.25, 0.3) is 0 Å². The van der Waals surface area contributed by atoms with E-state index in [1.54, 1.807) is 7.11 Å². The molecule has 31 heavy (non-hydrogen) atoms. The van der Waals surface area contributed by atoms with Gasteiger partial charge >= 0.3 is 5.97 Å². The fourth-order valence-electron chi connectivity index (χ4n) is 5.43. The number of hydrogen-bond donors (Lipinski definition) is 1. The summed E-state index contributed by atoms with van der Waals surface area (Å²) in [4.78, 5) is 11.6. The molecular formula is C26H33BO4. The Kier molecular flexibility index (Phi) is 5.67. The molecule has 0 bridgehead atoms. The van der Waals surface area contributed by atoms with Crippen LogP contribution < -0.4 is 10.2 Å². The Bertz CT molecular complexity index is 993. The Labute approximate surface area is 186 Å². The van der Waals surface area contributed by atoms with Crippen LogP contribution in [0.5, 0.6) is 5.75 Å². The summed E-state index contributed by atoms with van der Waals surface area (Å²) < 4.78 is 12.0. The molecule has 2 aromatic rings. The molecule has 4 nitrogen and oxygen atoms in total. The fraction of sp³-hybridized carbons (Fsp3) is 0.500. The molecule has 164 valence electrons. The van der Waals surface area contributed by atoms with Crippen LogP contribution in [0.25, 0.3) is 0 Å². The quantitative estimate of drug-likeness (QED) is 0.720. The molecule has 5 heteroatoms. The van der Waals surface area contributed by atoms with Crippen LogP contribution >= 0.6 is 0 Å². The molecule has 1 saturated carbocycles. The molecule has 1 spiro atoms. The second-order valence-electron chi connectivity index (χ2n) is 10.4. The first-order chi connectivity index (χ1) is 14.7. The number of carboxylic acid groups (broad SMARTS) is 1. The van der Waals surface area contributed by atoms with Crippen molar-refractivity contribution in [2.75, 3.05) is 7.11 Å². The maximum atomic E-state index is 11.6. The minimum Gasteiger partial charge on any atom is -0.489 e. The number of rotatable bonds is 6. The topological polar surface area (TPSA) is 55.8 Å². The predicted molar refractivity (Wildman–Crippen MR) is 125 cm³/mol. The van der Waals surface area contributed by atoms with Crippen LogP contribution in [0.15, 0.2) is 36.4 Å². The minimum absolute atomic E-state index is 0.00323. The first-order valence-corrected chi connectivity index (χ1v) is 11.3. The Morgan fingerprint density at radius 2 is 2.03 bits per heavy atom. The summed E-state index contributed by atoms with van der Waals surface area (Å²) in [6, 6.07) is 12.7. The van der Waals surface area contributed by atoms with Crippen molar-refractivity contribution in [1.82, 2.24) is 0 Å². The SMILES string of the molecule is Bc1ccc(COc2ccc3c(c2)[C@]2(CCC3)C[C@H]2C(=O)O)cc1[C@@H](OC)C(C)(C)C. The number of carboxylic acids is 1. The van der Waals surface area contributed by atoms with Crippen molar-refractivity contribution in [2.45, 2.75) is 64.6 Å². The van der Waals surface area contributed by atoms with E-state index in [-0.39, 0.29) is 22.9 Å². The Morgan fingerprint density at radius 1 is 1.26 bits per heavy atom. The highest BCUT2D eigenvalue weighted by atomic mass is 16.5. The lowest BCUT2D eigenvalue weighted by atomic mass is 9.78. The molecular weight excluding hydrogens is 387 g/mol. The molecule has 0 radical (unpaired) electrons. The minimum atomic E-state index is -0.669. The van der Waals surface area contributed by atoms with Gasteiger partial charge in [-0.25, -0.2) is 0 Å². The molecule has 0 saturated heterocycles. The molecule has 0 amide bonds. The summed E-state index contributed by atoms with van der Waals surface area (Å²) in [5, 5.41) is 9.55. The van der Waals surface area contributed by atoms with Crippen molar-refractivity contribution in [1.29, 1.82) is 0 Å². The molecule has 0 aliphatic heterocycles. The number of aryl methyl sites for hydroxylation is 1. The van der Waals surface area contributed by atoms with Gasteiger partial charge in [0.1, 0.15) is 20.2 Å². The van der Waals surface area contributed by atoms with E-state index in [0.717, 1.165) is 37.0 Å². The summed E-state index contributed by atoms with van der Waals surface area (Å²) in [5.41, 5.74) is 5.82. The van der Waals surface area contributed by atoms with Gasteiger partial charge < -0.3 is 14.6 Å². The van der Waals surface area contributed by atoms with Crippen LogP contribution in [-0.2, 0) is 28.0 Å². The van der Waals surface area contributed by atoms with Crippen LogP contribution in [-0.4, -0.2) is 26.0 Å². The van der Waals surface area contributed by atoms with E-state index in [0.29, 0.717) is 6.61 Å². The zero-order valence-electron chi connectivity index (χ0n) is 19.3. The molecule has 1 N–H and O–H groups in total. The molecule has 1 fully saturated rings. The van der Waals surface area contributed by atoms with Crippen molar-refractivity contribution >= 4 is 19.3 Å². The maximum Gasteiger partial charge on any atom is 0.307 e. The van der Waals surface area contributed by atoms with Gasteiger partial charge in [0, 0.05) is 12.5 Å². The lowest BCUT2D eigenvalue weighted by Crippen LogP contribution is -2.26. The van der Waals surface area contributed by atoms with E-state index >= 15 is 0 Å². The highest BCUT2D eigenvalue weighted by Crippen LogP contribution is 2.60. The van der Waals surface area contributed by atoms with Crippen molar-refractivity contribution in [3.8, 4) is 5.75 Å². The van der Waals surface area contributed by atoms with Gasteiger partial charge in [-0.2, -0.15) is 0 Å². The summed E-state index contributed by atoms with van der Waals surface area (Å²) in [5.74, 6) is -0.0972. The molecule has 2 aliphatic rings. The van der Waals surface area contributed by atoms with Crippen LogP contribution in [0.2, 0.25) is 0 Å². The Morgan fingerprint density at radius 3 is 2.68 bits per heavy atom. The van der Waals surface area contributed by atoms with Gasteiger partial charge in [0.05, 0.1) is 12.0 Å². The van der Waals surface area contributed by atoms with Crippen LogP contribution in [0.4, 0.5) is 0 Å². The van der Waals surface area contributed by atoms with E-state index in [9.17, 15) is 9.90 Å². The number of aliphatic carboxylic acids is 1. The second-order valence-corrected chi connectivity index (χ2v) is 10.4. The monoisotopic (exact) mass is 420 g/mol. The summed E-state index contributed by atoms with van der Waals surface area (Å²) in [6.07, 6.45) is 3.82. The lowest BCUT2D eigenvalue weighted by molar-refractivity contribution is -0.139. The van der Waals surface area contributed by atoms with Gasteiger partial charge in [0.15, 0.2) is 0 Å². The lowest BCUT2D eigenvalue weighted by Gasteiger charge is -2.31. The largest absolute Gasteiger partial charge is 0.489 e. The highest BCUT2D eigenvalue weighted by molar-refractivity contribution is 6.33. The van der Waals surface area contributed by atoms with Crippen molar-refractivity contribution < 1.29 is 19.4 Å². The molecule has 2 aliphatic carbocycles. The van der Waals surface area contributed by atoms with Crippen molar-refractivity contribution in [3.05, 3.63) is 58.7 Å². The molecule has 0 unspecified atom stereocenters. The number of fused-ring (bicyclic) bond motifs is 2. The Hall–Kier alpha value is -2.27. The van der Waals surface area contributed by atoms with Gasteiger partial charge in [-0.3, -0.25) is 4.79 Å². The van der Waals surface area contributed by atoms with E-state index < -0.39 is 5.97 Å². The van der Waals surface area contributed by atoms with E-state index in [1.165, 1.54) is 22.2 Å². The van der Waals surface area contributed by atoms with Crippen LogP contribution in [0.3, 0.4) is 0 Å². The molecule has 4 rings (SSSR count). The zero-order chi connectivity index (χ0) is 22.4. The number of methoxy groups -OCH3 is 1. The number of benzene rings is 2. The average molecular weight is 420 g/mol. The summed E-state index contributed by atoms with van der Waals surface area (Å²) >= 11 is 0. The van der Waals surface area contributed by atoms with E-state index in [1.807, 2.05) is 6.07 Å². The van der Waals surface area contributed by atoms with Gasteiger partial charge in [-0.05, 0) is 65.5 Å². The first-order valence-electron chi connectivity index (χ1n) is 11.3. The standard InChI is InChI=1S/C26H33BO4/c1-25(2,3)23(30-4)19-12-16(7-10-22(19)27)15-31-18-9-8-17-6-5-11-26(20(17)13-18)14-21(26)24(28)29/h7-10,12-13,21,23H,5-6,11,14-15,27H2,1-4H3,(H,28,29)/t21-,23+,26-/m0/s1. The number of carbonyl (C=O) groups is 1. The second kappa shape index (κ2) is 8.01. The van der Waals surface area contributed by atoms with Crippen LogP contribution in [0.1, 0.15) is 68.4 Å². The van der Waals surface area contributed by atoms with E-state index in [4.69, 9.17) is 9.47 Å². The van der Waals surface area contributed by atoms with Gasteiger partial charge in [-0.15, -0.1) is 0 Å². The third-order valence-electron chi connectivity index (χ3n) is 7.11. The van der Waals surface area contributed by atoms with Crippen LogP contribution in [0, 0.1) is 11.3 Å². The van der Waals surface area contributed by atoms with Gasteiger partial charge in [-0.1, -0.05) is 50.5 Å². The van der Waals surface area contributed by atoms with Crippen molar-refractivity contribution in [3.63, 3.8) is 0 Å². The highest BCUT2D eigenvalue weighted by Gasteiger charge is 2.60. The molecule has 0 heterocycles. The maximum absolute atomic E-state index is 11.6. The van der Waals surface area contributed by atoms with Crippen molar-refractivity contribution in [2.24, 2.45) is 11.3 Å². The molecule has 0 aromatic heterocycles. The van der Waals surface area contributed by atoms with Gasteiger partial charge in [0.2, 0.25) is 0 Å².